The number of rotatable bonds is 17. The summed E-state index contributed by atoms with van der Waals surface area (Å²) in [6.45, 7) is 2.36. The Kier molecular flexibility index (Phi) is 20.7. The fraction of sp³-hybridized carbons (Fsp3) is 0.947. The molecule has 0 N–H and O–H groups in total. The third-order valence-corrected chi connectivity index (χ3v) is 11.9. The first-order chi connectivity index (χ1) is 12.8. The lowest BCUT2D eigenvalue weighted by Gasteiger charge is -2.24. The SMILES string of the molecule is CC(CCBr)CCCCCCCCCCC(Br)C(Br)C(Br)C(Br)C(=O)OBr. The molecule has 0 heterocycles. The number of alkyl halides is 5. The van der Waals surface area contributed by atoms with Crippen molar-refractivity contribution in [3.8, 4) is 0 Å². The van der Waals surface area contributed by atoms with Crippen LogP contribution in [0.3, 0.4) is 0 Å². The summed E-state index contributed by atoms with van der Waals surface area (Å²) in [6, 6.07) is 0. The van der Waals surface area contributed by atoms with E-state index in [2.05, 4.69) is 107 Å². The smallest absolute Gasteiger partial charge is 0.332 e. The quantitative estimate of drug-likeness (QED) is 0.109. The predicted molar refractivity (Wildman–Crippen MR) is 140 cm³/mol. The van der Waals surface area contributed by atoms with E-state index in [0.717, 1.165) is 17.7 Å². The molecule has 0 rings (SSSR count). The maximum absolute atomic E-state index is 11.6. The summed E-state index contributed by atoms with van der Waals surface area (Å²) < 4.78 is 4.60. The first kappa shape index (κ1) is 29.4. The molecule has 0 aliphatic carbocycles. The van der Waals surface area contributed by atoms with Crippen molar-refractivity contribution < 1.29 is 8.62 Å². The van der Waals surface area contributed by atoms with Crippen molar-refractivity contribution in [2.75, 3.05) is 5.33 Å². The molecule has 0 bridgehead atoms. The fourth-order valence-corrected chi connectivity index (χ4v) is 7.20. The summed E-state index contributed by atoms with van der Waals surface area (Å²) in [7, 11) is 0. The summed E-state index contributed by atoms with van der Waals surface area (Å²) in [6.07, 6.45) is 14.4. The Bertz CT molecular complexity index is 372. The normalized spacial score (nSPS) is 17.1. The highest BCUT2D eigenvalue weighted by Gasteiger charge is 2.33. The molecule has 5 unspecified atom stereocenters. The lowest BCUT2D eigenvalue weighted by Crippen LogP contribution is -2.35. The van der Waals surface area contributed by atoms with E-state index in [1.807, 2.05) is 0 Å². The van der Waals surface area contributed by atoms with Gasteiger partial charge in [-0.15, -0.1) is 0 Å². The zero-order valence-corrected chi connectivity index (χ0v) is 25.5. The Labute approximate surface area is 216 Å². The van der Waals surface area contributed by atoms with Gasteiger partial charge in [-0.25, -0.2) is 4.79 Å². The van der Waals surface area contributed by atoms with Crippen LogP contribution in [0.15, 0.2) is 0 Å². The number of halogens is 6. The zero-order chi connectivity index (χ0) is 20.7. The van der Waals surface area contributed by atoms with Gasteiger partial charge in [-0.3, -0.25) is 0 Å². The number of hydrogen-bond acceptors (Lipinski definition) is 2. The summed E-state index contributed by atoms with van der Waals surface area (Å²) in [5.41, 5.74) is 0. The van der Waals surface area contributed by atoms with Gasteiger partial charge in [-0.05, 0) is 18.8 Å². The second-order valence-corrected chi connectivity index (χ2v) is 12.6. The van der Waals surface area contributed by atoms with Crippen molar-refractivity contribution in [3.63, 3.8) is 0 Å². The van der Waals surface area contributed by atoms with E-state index < -0.39 is 4.83 Å². The van der Waals surface area contributed by atoms with Gasteiger partial charge in [-0.1, -0.05) is 144 Å². The third-order valence-electron chi connectivity index (χ3n) is 4.76. The Morgan fingerprint density at radius 2 is 1.26 bits per heavy atom. The molecule has 0 aliphatic rings. The zero-order valence-electron chi connectivity index (χ0n) is 16.0. The molecule has 0 radical (unpaired) electrons. The molecule has 0 aliphatic heterocycles. The first-order valence-corrected chi connectivity index (χ1v) is 15.2. The molecule has 5 atom stereocenters. The molecule has 2 nitrogen and oxygen atoms in total. The number of carbonyl (C=O) groups excluding carboxylic acids is 1. The van der Waals surface area contributed by atoms with Gasteiger partial charge in [0.1, 0.15) is 4.83 Å². The van der Waals surface area contributed by atoms with Gasteiger partial charge in [0.25, 0.3) is 0 Å². The van der Waals surface area contributed by atoms with Gasteiger partial charge in [0.2, 0.25) is 0 Å². The van der Waals surface area contributed by atoms with Gasteiger partial charge in [-0.2, -0.15) is 0 Å². The standard InChI is InChI=1S/C19H32Br6O2/c1-14(12-13-20)10-8-6-4-2-3-5-7-9-11-15(21)16(22)17(23)18(24)19(26)27-25/h14-18H,2-13H2,1H3. The molecule has 0 aromatic carbocycles. The fourth-order valence-electron chi connectivity index (χ4n) is 2.92. The first-order valence-electron chi connectivity index (χ1n) is 9.79. The monoisotopic (exact) mass is 766 g/mol. The van der Waals surface area contributed by atoms with Crippen LogP contribution >= 0.6 is 95.9 Å². The summed E-state index contributed by atoms with van der Waals surface area (Å²) in [5.74, 6) is 0.530. The third kappa shape index (κ3) is 14.9. The lowest BCUT2D eigenvalue weighted by molar-refractivity contribution is -0.131. The maximum Gasteiger partial charge on any atom is 0.332 e. The molecule has 0 aromatic rings. The van der Waals surface area contributed by atoms with Gasteiger partial charge < -0.3 is 3.83 Å². The van der Waals surface area contributed by atoms with Crippen LogP contribution in [0.4, 0.5) is 0 Å². The van der Waals surface area contributed by atoms with E-state index in [9.17, 15) is 4.79 Å². The Morgan fingerprint density at radius 1 is 0.778 bits per heavy atom. The van der Waals surface area contributed by atoms with Crippen molar-refractivity contribution in [2.24, 2.45) is 5.92 Å². The van der Waals surface area contributed by atoms with Gasteiger partial charge in [0.15, 0.2) is 16.3 Å². The molecule has 0 spiro atoms. The molecule has 27 heavy (non-hydrogen) atoms. The number of hydrogen-bond donors (Lipinski definition) is 0. The number of unbranched alkanes of at least 4 members (excludes halogenated alkanes) is 7. The van der Waals surface area contributed by atoms with Gasteiger partial charge >= 0.3 is 5.97 Å². The largest absolute Gasteiger partial charge is 0.383 e. The Morgan fingerprint density at radius 3 is 1.74 bits per heavy atom. The molecular weight excluding hydrogens is 740 g/mol. The molecule has 0 aromatic heterocycles. The van der Waals surface area contributed by atoms with E-state index in [0.29, 0.717) is 4.83 Å². The maximum atomic E-state index is 11.6. The van der Waals surface area contributed by atoms with Crippen LogP contribution < -0.4 is 0 Å². The highest BCUT2D eigenvalue weighted by Crippen LogP contribution is 2.32. The summed E-state index contributed by atoms with van der Waals surface area (Å²) in [4.78, 5) is 11.6. The second kappa shape index (κ2) is 19.1. The highest BCUT2D eigenvalue weighted by molar-refractivity contribution is 9.14. The van der Waals surface area contributed by atoms with Crippen LogP contribution in [0.5, 0.6) is 0 Å². The van der Waals surface area contributed by atoms with Crippen molar-refractivity contribution >= 4 is 102 Å². The molecule has 0 saturated heterocycles. The van der Waals surface area contributed by atoms with E-state index in [1.165, 1.54) is 64.2 Å². The molecule has 0 saturated carbocycles. The van der Waals surface area contributed by atoms with E-state index >= 15 is 0 Å². The van der Waals surface area contributed by atoms with Crippen molar-refractivity contribution in [3.05, 3.63) is 0 Å². The van der Waals surface area contributed by atoms with Crippen molar-refractivity contribution in [1.29, 1.82) is 0 Å². The van der Waals surface area contributed by atoms with E-state index in [1.54, 1.807) is 0 Å². The van der Waals surface area contributed by atoms with Crippen LogP contribution in [0.25, 0.3) is 0 Å². The molecule has 162 valence electrons. The Hall–Kier alpha value is 2.35. The minimum atomic E-state index is -0.399. The van der Waals surface area contributed by atoms with E-state index in [-0.39, 0.29) is 15.6 Å². The van der Waals surface area contributed by atoms with Gasteiger partial charge in [0, 0.05) is 15.0 Å². The number of carbonyl (C=O) groups is 1. The van der Waals surface area contributed by atoms with Crippen LogP contribution in [0, 0.1) is 5.92 Å². The topological polar surface area (TPSA) is 26.3 Å². The van der Waals surface area contributed by atoms with E-state index in [4.69, 9.17) is 0 Å². The summed E-state index contributed by atoms with van der Waals surface area (Å²) >= 11 is 20.7. The molecule has 0 fully saturated rings. The molecule has 8 heteroatoms. The minimum absolute atomic E-state index is 0.0517. The highest BCUT2D eigenvalue weighted by atomic mass is 79.9. The van der Waals surface area contributed by atoms with Crippen molar-refractivity contribution in [1.82, 2.24) is 0 Å². The van der Waals surface area contributed by atoms with Crippen LogP contribution in [0.2, 0.25) is 0 Å². The summed E-state index contributed by atoms with van der Waals surface area (Å²) in [5, 5.41) is 1.13. The average molecular weight is 772 g/mol. The second-order valence-electron chi connectivity index (χ2n) is 7.19. The minimum Gasteiger partial charge on any atom is -0.383 e. The lowest BCUT2D eigenvalue weighted by atomic mass is 9.99. The molecule has 0 amide bonds. The predicted octanol–water partition coefficient (Wildman–Crippen LogP) is 9.22. The molecular formula is C19H32Br6O2. The van der Waals surface area contributed by atoms with Crippen LogP contribution in [-0.2, 0) is 8.62 Å². The van der Waals surface area contributed by atoms with Crippen LogP contribution in [0.1, 0.15) is 77.6 Å². The Balaban J connectivity index is 3.65. The van der Waals surface area contributed by atoms with Crippen LogP contribution in [-0.4, -0.2) is 30.6 Å². The van der Waals surface area contributed by atoms with Crippen molar-refractivity contribution in [2.45, 2.75) is 96.9 Å². The van der Waals surface area contributed by atoms with Gasteiger partial charge in [0.05, 0.1) is 4.83 Å². The average Bonchev–Trinajstić information content (AvgIpc) is 2.66.